The van der Waals surface area contributed by atoms with Crippen molar-refractivity contribution in [2.75, 3.05) is 19.8 Å². The Labute approximate surface area is 119 Å². The number of likely N-dealkylation sites (tertiary alicyclic amines) is 1. The van der Waals surface area contributed by atoms with Crippen LogP contribution in [-0.2, 0) is 16.1 Å². The Morgan fingerprint density at radius 2 is 2.25 bits per heavy atom. The van der Waals surface area contributed by atoms with Crippen LogP contribution in [0, 0.1) is 5.41 Å². The molecule has 5 nitrogen and oxygen atoms in total. The molecule has 0 unspecified atom stereocenters. The summed E-state index contributed by atoms with van der Waals surface area (Å²) in [5.41, 5.74) is -0.231. The highest BCUT2D eigenvalue weighted by molar-refractivity contribution is 5.83. The molecule has 0 aliphatic carbocycles. The van der Waals surface area contributed by atoms with Gasteiger partial charge in [-0.3, -0.25) is 9.48 Å². The van der Waals surface area contributed by atoms with E-state index in [-0.39, 0.29) is 5.41 Å². The first kappa shape index (κ1) is 13.6. The molecular weight excluding hydrogens is 254 g/mol. The van der Waals surface area contributed by atoms with Crippen molar-refractivity contribution in [3.63, 3.8) is 0 Å². The lowest BCUT2D eigenvalue weighted by molar-refractivity contribution is -0.147. The van der Waals surface area contributed by atoms with Gasteiger partial charge < -0.3 is 9.64 Å². The van der Waals surface area contributed by atoms with E-state index in [4.69, 9.17) is 4.74 Å². The minimum atomic E-state index is -0.231. The van der Waals surface area contributed by atoms with Gasteiger partial charge in [-0.25, -0.2) is 0 Å². The van der Waals surface area contributed by atoms with E-state index in [1.54, 1.807) is 6.20 Å². The molecular formula is C15H23N3O2. The predicted octanol–water partition coefficient (Wildman–Crippen LogP) is 1.69. The molecule has 3 rings (SSSR count). The van der Waals surface area contributed by atoms with Gasteiger partial charge in [-0.2, -0.15) is 5.10 Å². The Bertz CT molecular complexity index is 452. The molecule has 1 atom stereocenters. The largest absolute Gasteiger partial charge is 0.381 e. The molecule has 20 heavy (non-hydrogen) atoms. The van der Waals surface area contributed by atoms with Gasteiger partial charge in [0.15, 0.2) is 0 Å². The molecule has 2 aliphatic rings. The third-order valence-corrected chi connectivity index (χ3v) is 4.71. The molecule has 110 valence electrons. The highest BCUT2D eigenvalue weighted by Crippen LogP contribution is 2.34. The molecule has 5 heteroatoms. The van der Waals surface area contributed by atoms with Gasteiger partial charge in [0.25, 0.3) is 0 Å². The number of carbonyl (C=O) groups excluding carboxylic acids is 1. The number of rotatable bonds is 3. The lowest BCUT2D eigenvalue weighted by Crippen LogP contribution is -2.48. The summed E-state index contributed by atoms with van der Waals surface area (Å²) in [5.74, 6) is 0.315. The Morgan fingerprint density at radius 1 is 1.45 bits per heavy atom. The normalized spacial score (nSPS) is 25.9. The molecule has 0 N–H and O–H groups in total. The lowest BCUT2D eigenvalue weighted by atomic mass is 9.81. The zero-order valence-electron chi connectivity index (χ0n) is 12.1. The van der Waals surface area contributed by atoms with Crippen molar-refractivity contribution in [3.05, 3.63) is 18.5 Å². The number of carbonyl (C=O) groups is 1. The molecule has 3 heterocycles. The van der Waals surface area contributed by atoms with E-state index in [9.17, 15) is 4.79 Å². The summed E-state index contributed by atoms with van der Waals surface area (Å²) in [7, 11) is 0. The molecule has 1 aromatic rings. The van der Waals surface area contributed by atoms with Crippen molar-refractivity contribution >= 4 is 5.91 Å². The highest BCUT2D eigenvalue weighted by atomic mass is 16.5. The van der Waals surface area contributed by atoms with E-state index < -0.39 is 0 Å². The maximum Gasteiger partial charge on any atom is 0.228 e. The van der Waals surface area contributed by atoms with Crippen LogP contribution >= 0.6 is 0 Å². The van der Waals surface area contributed by atoms with Gasteiger partial charge in [0.2, 0.25) is 5.91 Å². The van der Waals surface area contributed by atoms with Crippen LogP contribution in [-0.4, -0.2) is 46.4 Å². The topological polar surface area (TPSA) is 47.4 Å². The van der Waals surface area contributed by atoms with Crippen molar-refractivity contribution in [3.8, 4) is 0 Å². The zero-order chi connectivity index (χ0) is 14.0. The van der Waals surface area contributed by atoms with Crippen molar-refractivity contribution in [1.29, 1.82) is 0 Å². The number of hydrogen-bond acceptors (Lipinski definition) is 3. The van der Waals surface area contributed by atoms with Crippen LogP contribution in [0.4, 0.5) is 0 Å². The van der Waals surface area contributed by atoms with E-state index in [1.165, 1.54) is 0 Å². The van der Waals surface area contributed by atoms with Gasteiger partial charge in [-0.05, 0) is 31.7 Å². The molecule has 0 bridgehead atoms. The number of ether oxygens (including phenoxy) is 1. The number of hydrogen-bond donors (Lipinski definition) is 0. The Hall–Kier alpha value is -1.36. The standard InChI is InChI=1S/C15H23N3O2/c1-15(5-10-20-11-6-15)14(19)18-9-2-4-13(18)12-17-8-3-7-16-17/h3,7-8,13H,2,4-6,9-12H2,1H3/t13-/m1/s1. The number of aromatic nitrogens is 2. The number of amides is 1. The summed E-state index contributed by atoms with van der Waals surface area (Å²) in [5, 5.41) is 4.26. The summed E-state index contributed by atoms with van der Waals surface area (Å²) in [6, 6.07) is 2.23. The molecule has 2 aliphatic heterocycles. The fraction of sp³-hybridized carbons (Fsp3) is 0.733. The Morgan fingerprint density at radius 3 is 2.95 bits per heavy atom. The second-order valence-corrected chi connectivity index (χ2v) is 6.20. The molecule has 1 aromatic heterocycles. The minimum Gasteiger partial charge on any atom is -0.381 e. The fourth-order valence-corrected chi connectivity index (χ4v) is 3.30. The quantitative estimate of drug-likeness (QED) is 0.844. The molecule has 0 saturated carbocycles. The van der Waals surface area contributed by atoms with Gasteiger partial charge in [0.05, 0.1) is 18.0 Å². The maximum absolute atomic E-state index is 12.9. The van der Waals surface area contributed by atoms with Crippen molar-refractivity contribution < 1.29 is 9.53 Å². The second-order valence-electron chi connectivity index (χ2n) is 6.20. The molecule has 2 fully saturated rings. The Balaban J connectivity index is 1.69. The average molecular weight is 277 g/mol. The maximum atomic E-state index is 12.9. The van der Waals surface area contributed by atoms with E-state index in [1.807, 2.05) is 16.9 Å². The van der Waals surface area contributed by atoms with E-state index in [0.29, 0.717) is 25.2 Å². The van der Waals surface area contributed by atoms with Crippen molar-refractivity contribution in [2.45, 2.75) is 45.2 Å². The van der Waals surface area contributed by atoms with Gasteiger partial charge in [-0.15, -0.1) is 0 Å². The van der Waals surface area contributed by atoms with Crippen LogP contribution in [0.15, 0.2) is 18.5 Å². The van der Waals surface area contributed by atoms with Crippen LogP contribution < -0.4 is 0 Å². The van der Waals surface area contributed by atoms with Gasteiger partial charge in [-0.1, -0.05) is 6.92 Å². The first-order valence-corrected chi connectivity index (χ1v) is 7.55. The first-order valence-electron chi connectivity index (χ1n) is 7.55. The second kappa shape index (κ2) is 5.56. The van der Waals surface area contributed by atoms with E-state index >= 15 is 0 Å². The molecule has 0 aromatic carbocycles. The van der Waals surface area contributed by atoms with Crippen molar-refractivity contribution in [2.24, 2.45) is 5.41 Å². The monoisotopic (exact) mass is 277 g/mol. The Kier molecular flexibility index (Phi) is 3.78. The predicted molar refractivity (Wildman–Crippen MR) is 75.1 cm³/mol. The van der Waals surface area contributed by atoms with Gasteiger partial charge in [0.1, 0.15) is 0 Å². The summed E-state index contributed by atoms with van der Waals surface area (Å²) in [4.78, 5) is 15.0. The summed E-state index contributed by atoms with van der Waals surface area (Å²) >= 11 is 0. The van der Waals surface area contributed by atoms with Crippen LogP contribution in [0.2, 0.25) is 0 Å². The van der Waals surface area contributed by atoms with Gasteiger partial charge in [0, 0.05) is 32.2 Å². The average Bonchev–Trinajstić information content (AvgIpc) is 3.11. The summed E-state index contributed by atoms with van der Waals surface area (Å²) in [6.07, 6.45) is 7.63. The van der Waals surface area contributed by atoms with E-state index in [0.717, 1.165) is 38.8 Å². The van der Waals surface area contributed by atoms with Crippen molar-refractivity contribution in [1.82, 2.24) is 14.7 Å². The summed E-state index contributed by atoms with van der Waals surface area (Å²) in [6.45, 7) is 5.22. The molecule has 0 spiro atoms. The third-order valence-electron chi connectivity index (χ3n) is 4.71. The van der Waals surface area contributed by atoms with Crippen LogP contribution in [0.3, 0.4) is 0 Å². The van der Waals surface area contributed by atoms with Crippen LogP contribution in [0.5, 0.6) is 0 Å². The van der Waals surface area contributed by atoms with Gasteiger partial charge >= 0.3 is 0 Å². The third kappa shape index (κ3) is 2.59. The summed E-state index contributed by atoms with van der Waals surface area (Å²) < 4.78 is 7.34. The highest BCUT2D eigenvalue weighted by Gasteiger charge is 2.41. The zero-order valence-corrected chi connectivity index (χ0v) is 12.1. The number of nitrogens with zero attached hydrogens (tertiary/aromatic N) is 3. The van der Waals surface area contributed by atoms with Crippen LogP contribution in [0.25, 0.3) is 0 Å². The minimum absolute atomic E-state index is 0.231. The van der Waals surface area contributed by atoms with Crippen LogP contribution in [0.1, 0.15) is 32.6 Å². The first-order chi connectivity index (χ1) is 9.69. The smallest absolute Gasteiger partial charge is 0.228 e. The van der Waals surface area contributed by atoms with E-state index in [2.05, 4.69) is 16.9 Å². The molecule has 0 radical (unpaired) electrons. The fourth-order valence-electron chi connectivity index (χ4n) is 3.30. The SMILES string of the molecule is CC1(C(=O)N2CCC[C@@H]2Cn2cccn2)CCOCC1. The molecule has 2 saturated heterocycles. The lowest BCUT2D eigenvalue weighted by Gasteiger charge is -2.37. The molecule has 1 amide bonds.